The number of aromatic nitrogens is 4. The summed E-state index contributed by atoms with van der Waals surface area (Å²) in [5.41, 5.74) is 3.07. The third kappa shape index (κ3) is 4.97. The third-order valence-electron chi connectivity index (χ3n) is 6.09. The fourth-order valence-electron chi connectivity index (χ4n) is 4.25. The molecule has 4 aromatic rings. The first-order valence-corrected chi connectivity index (χ1v) is 11.5. The Hall–Kier alpha value is -4.04. The van der Waals surface area contributed by atoms with E-state index in [1.54, 1.807) is 4.68 Å². The van der Waals surface area contributed by atoms with Crippen molar-refractivity contribution < 1.29 is 4.79 Å². The average molecular weight is 454 g/mol. The van der Waals surface area contributed by atoms with Gasteiger partial charge in [0.15, 0.2) is 5.82 Å². The fourth-order valence-corrected chi connectivity index (χ4v) is 4.25. The summed E-state index contributed by atoms with van der Waals surface area (Å²) >= 11 is 0. The second-order valence-electron chi connectivity index (χ2n) is 8.31. The summed E-state index contributed by atoms with van der Waals surface area (Å²) < 4.78 is 1.77. The molecule has 5 rings (SSSR count). The SMILES string of the molecule is O=C(NC(c1ccccc1)c1ccccc1)N1CCN(Cc2nnnn2-c2ccccc2)CC1. The lowest BCUT2D eigenvalue weighted by atomic mass is 9.99. The summed E-state index contributed by atoms with van der Waals surface area (Å²) in [4.78, 5) is 17.3. The van der Waals surface area contributed by atoms with E-state index in [1.165, 1.54) is 0 Å². The Kier molecular flexibility index (Phi) is 6.58. The van der Waals surface area contributed by atoms with Crippen molar-refractivity contribution in [3.8, 4) is 5.69 Å². The van der Waals surface area contributed by atoms with Crippen molar-refractivity contribution in [1.29, 1.82) is 0 Å². The van der Waals surface area contributed by atoms with Crippen LogP contribution in [0.25, 0.3) is 5.69 Å². The van der Waals surface area contributed by atoms with Crippen molar-refractivity contribution in [3.05, 3.63) is 108 Å². The van der Waals surface area contributed by atoms with E-state index in [0.29, 0.717) is 19.6 Å². The topological polar surface area (TPSA) is 79.2 Å². The van der Waals surface area contributed by atoms with Crippen molar-refractivity contribution in [2.24, 2.45) is 0 Å². The number of nitrogens with zero attached hydrogens (tertiary/aromatic N) is 6. The van der Waals surface area contributed by atoms with Crippen LogP contribution in [0.4, 0.5) is 4.79 Å². The molecule has 1 aliphatic heterocycles. The number of carbonyl (C=O) groups excluding carboxylic acids is 1. The molecule has 1 N–H and O–H groups in total. The molecule has 8 heteroatoms. The first kappa shape index (κ1) is 21.8. The molecule has 2 heterocycles. The molecule has 34 heavy (non-hydrogen) atoms. The number of amides is 2. The predicted molar refractivity (Wildman–Crippen MR) is 129 cm³/mol. The van der Waals surface area contributed by atoms with Crippen LogP contribution in [0.3, 0.4) is 0 Å². The highest BCUT2D eigenvalue weighted by atomic mass is 16.2. The molecule has 3 aromatic carbocycles. The van der Waals surface area contributed by atoms with Crippen LogP contribution in [0, 0.1) is 0 Å². The van der Waals surface area contributed by atoms with Gasteiger partial charge in [-0.1, -0.05) is 78.9 Å². The summed E-state index contributed by atoms with van der Waals surface area (Å²) in [5, 5.41) is 15.5. The number of piperazine rings is 1. The smallest absolute Gasteiger partial charge is 0.318 e. The molecule has 1 saturated heterocycles. The van der Waals surface area contributed by atoms with Gasteiger partial charge in [0.1, 0.15) is 0 Å². The number of urea groups is 1. The van der Waals surface area contributed by atoms with Crippen molar-refractivity contribution >= 4 is 6.03 Å². The molecule has 1 aliphatic rings. The van der Waals surface area contributed by atoms with E-state index < -0.39 is 0 Å². The van der Waals surface area contributed by atoms with Gasteiger partial charge >= 0.3 is 6.03 Å². The highest BCUT2D eigenvalue weighted by Gasteiger charge is 2.25. The number of benzene rings is 3. The molecule has 0 saturated carbocycles. The number of nitrogens with one attached hydrogen (secondary N) is 1. The van der Waals surface area contributed by atoms with Gasteiger partial charge in [-0.15, -0.1) is 5.10 Å². The van der Waals surface area contributed by atoms with E-state index in [0.717, 1.165) is 35.7 Å². The predicted octanol–water partition coefficient (Wildman–Crippen LogP) is 3.28. The monoisotopic (exact) mass is 453 g/mol. The molecule has 0 aliphatic carbocycles. The number of rotatable bonds is 6. The second-order valence-corrected chi connectivity index (χ2v) is 8.31. The molecule has 2 amide bonds. The van der Waals surface area contributed by atoms with Gasteiger partial charge in [0, 0.05) is 26.2 Å². The number of tetrazole rings is 1. The van der Waals surface area contributed by atoms with Gasteiger partial charge in [0.2, 0.25) is 0 Å². The Labute approximate surface area is 198 Å². The maximum atomic E-state index is 13.2. The largest absolute Gasteiger partial charge is 0.327 e. The van der Waals surface area contributed by atoms with Crippen molar-refractivity contribution in [2.45, 2.75) is 12.6 Å². The summed E-state index contributed by atoms with van der Waals surface area (Å²) in [7, 11) is 0. The molecule has 172 valence electrons. The Morgan fingerprint density at radius 2 is 1.35 bits per heavy atom. The van der Waals surface area contributed by atoms with Gasteiger partial charge in [-0.3, -0.25) is 4.90 Å². The van der Waals surface area contributed by atoms with Crippen molar-refractivity contribution in [3.63, 3.8) is 0 Å². The first-order valence-electron chi connectivity index (χ1n) is 11.5. The average Bonchev–Trinajstić information content (AvgIpc) is 3.37. The zero-order valence-electron chi connectivity index (χ0n) is 18.9. The van der Waals surface area contributed by atoms with Crippen LogP contribution in [0.1, 0.15) is 23.0 Å². The van der Waals surface area contributed by atoms with Gasteiger partial charge < -0.3 is 10.2 Å². The minimum atomic E-state index is -0.191. The molecule has 0 unspecified atom stereocenters. The lowest BCUT2D eigenvalue weighted by molar-refractivity contribution is 0.132. The minimum Gasteiger partial charge on any atom is -0.327 e. The van der Waals surface area contributed by atoms with Crippen LogP contribution in [0.15, 0.2) is 91.0 Å². The Morgan fingerprint density at radius 3 is 1.94 bits per heavy atom. The van der Waals surface area contributed by atoms with Crippen LogP contribution in [0.2, 0.25) is 0 Å². The zero-order valence-corrected chi connectivity index (χ0v) is 18.9. The van der Waals surface area contributed by atoms with E-state index in [4.69, 9.17) is 0 Å². The van der Waals surface area contributed by atoms with Gasteiger partial charge in [-0.2, -0.15) is 4.68 Å². The zero-order chi connectivity index (χ0) is 23.2. The van der Waals surface area contributed by atoms with Crippen LogP contribution < -0.4 is 5.32 Å². The molecule has 1 fully saturated rings. The van der Waals surface area contributed by atoms with Crippen LogP contribution in [-0.4, -0.2) is 62.2 Å². The summed E-state index contributed by atoms with van der Waals surface area (Å²) in [6.07, 6.45) is 0. The van der Waals surface area contributed by atoms with Gasteiger partial charge in [0.05, 0.1) is 18.3 Å². The molecule has 8 nitrogen and oxygen atoms in total. The van der Waals surface area contributed by atoms with Crippen molar-refractivity contribution in [2.75, 3.05) is 26.2 Å². The standard InChI is InChI=1S/C26H27N7O/c34-26(27-25(21-10-4-1-5-11-21)22-12-6-2-7-13-22)32-18-16-31(17-19-32)20-24-28-29-30-33(24)23-14-8-3-9-15-23/h1-15,25H,16-20H2,(H,27,34). The molecule has 0 bridgehead atoms. The first-order chi connectivity index (χ1) is 16.8. The molecule has 0 atom stereocenters. The van der Waals surface area contributed by atoms with Gasteiger partial charge in [-0.25, -0.2) is 4.79 Å². The van der Waals surface area contributed by atoms with Gasteiger partial charge in [0.25, 0.3) is 0 Å². The Bertz CT molecular complexity index is 1150. The molecule has 0 radical (unpaired) electrons. The van der Waals surface area contributed by atoms with Crippen LogP contribution in [-0.2, 0) is 6.54 Å². The number of hydrogen-bond acceptors (Lipinski definition) is 5. The van der Waals surface area contributed by atoms with Crippen LogP contribution >= 0.6 is 0 Å². The summed E-state index contributed by atoms with van der Waals surface area (Å²) in [5.74, 6) is 0.789. The fraction of sp³-hybridized carbons (Fsp3) is 0.231. The normalized spacial score (nSPS) is 14.3. The van der Waals surface area contributed by atoms with Crippen LogP contribution in [0.5, 0.6) is 0 Å². The summed E-state index contributed by atoms with van der Waals surface area (Å²) in [6, 6.07) is 29.8. The van der Waals surface area contributed by atoms with Gasteiger partial charge in [-0.05, 0) is 33.7 Å². The number of hydrogen-bond donors (Lipinski definition) is 1. The van der Waals surface area contributed by atoms with E-state index in [2.05, 4.69) is 25.7 Å². The maximum Gasteiger partial charge on any atom is 0.318 e. The van der Waals surface area contributed by atoms with Crippen molar-refractivity contribution in [1.82, 2.24) is 35.3 Å². The highest BCUT2D eigenvalue weighted by molar-refractivity contribution is 5.75. The Morgan fingerprint density at radius 1 is 0.794 bits per heavy atom. The van der Waals surface area contributed by atoms with E-state index >= 15 is 0 Å². The highest BCUT2D eigenvalue weighted by Crippen LogP contribution is 2.22. The lowest BCUT2D eigenvalue weighted by Crippen LogP contribution is -2.52. The van der Waals surface area contributed by atoms with E-state index in [1.807, 2.05) is 95.9 Å². The maximum absolute atomic E-state index is 13.2. The molecule has 0 spiro atoms. The number of carbonyl (C=O) groups is 1. The quantitative estimate of drug-likeness (QED) is 0.485. The van der Waals surface area contributed by atoms with E-state index in [-0.39, 0.29) is 12.1 Å². The third-order valence-corrected chi connectivity index (χ3v) is 6.09. The number of para-hydroxylation sites is 1. The van der Waals surface area contributed by atoms with E-state index in [9.17, 15) is 4.79 Å². The lowest BCUT2D eigenvalue weighted by Gasteiger charge is -2.35. The Balaban J connectivity index is 1.21. The molecular weight excluding hydrogens is 426 g/mol. The second kappa shape index (κ2) is 10.3. The minimum absolute atomic E-state index is 0.0496. The summed E-state index contributed by atoms with van der Waals surface area (Å²) in [6.45, 7) is 3.45. The molecular formula is C26H27N7O. The molecule has 1 aromatic heterocycles.